The third kappa shape index (κ3) is 15.8. The Hall–Kier alpha value is -0.612. The molecule has 182 valence electrons. The molecule has 0 spiro atoms. The molecule has 0 aliphatic carbocycles. The number of rotatable bonds is 15. The highest BCUT2D eigenvalue weighted by molar-refractivity contribution is 6.90. The zero-order chi connectivity index (χ0) is 24.5. The van der Waals surface area contributed by atoms with E-state index in [0.29, 0.717) is 12.5 Å². The van der Waals surface area contributed by atoms with Gasteiger partial charge in [-0.2, -0.15) is 0 Å². The Balaban J connectivity index is 5.04. The summed E-state index contributed by atoms with van der Waals surface area (Å²) in [5.74, 6) is -1.27. The number of aliphatic hydroxyl groups is 1. The van der Waals surface area contributed by atoms with E-state index in [0.717, 1.165) is 0 Å². The fourth-order valence-corrected chi connectivity index (χ4v) is 17.3. The van der Waals surface area contributed by atoms with Crippen LogP contribution in [-0.4, -0.2) is 70.6 Å². The third-order valence-electron chi connectivity index (χ3n) is 3.25. The molecule has 0 aliphatic heterocycles. The van der Waals surface area contributed by atoms with Crippen LogP contribution in [0.5, 0.6) is 0 Å². The second kappa shape index (κ2) is 12.6. The normalized spacial score (nSPS) is 13.1. The van der Waals surface area contributed by atoms with Gasteiger partial charge in [-0.3, -0.25) is 4.79 Å². The van der Waals surface area contributed by atoms with Gasteiger partial charge in [0.2, 0.25) is 0 Å². The quantitative estimate of drug-likeness (QED) is 0.153. The highest BCUT2D eigenvalue weighted by atomic mass is 28.5. The van der Waals surface area contributed by atoms with Crippen molar-refractivity contribution in [2.75, 3.05) is 19.8 Å². The molecule has 0 aromatic heterocycles. The van der Waals surface area contributed by atoms with Crippen LogP contribution < -0.4 is 0 Å². The first-order chi connectivity index (χ1) is 13.9. The topological polar surface area (TPSA) is 101 Å². The highest BCUT2D eigenvalue weighted by Gasteiger charge is 2.49. The SMILES string of the molecule is C=C(CC(=O)OCCC[Si](O[Si](C)(C)C)(O[Si](C)(C)C)O[Si](C)(C)C)C(=O)OCCO. The van der Waals surface area contributed by atoms with Gasteiger partial charge in [0.1, 0.15) is 6.61 Å². The molecule has 0 radical (unpaired) electrons. The number of hydrogen-bond donors (Lipinski definition) is 1. The number of hydrogen-bond acceptors (Lipinski definition) is 8. The van der Waals surface area contributed by atoms with E-state index in [2.05, 4.69) is 65.5 Å². The Labute approximate surface area is 192 Å². The van der Waals surface area contributed by atoms with Gasteiger partial charge in [-0.15, -0.1) is 0 Å². The second-order valence-electron chi connectivity index (χ2n) is 10.3. The Morgan fingerprint density at radius 1 is 0.774 bits per heavy atom. The zero-order valence-corrected chi connectivity index (χ0v) is 24.8. The molecule has 0 heterocycles. The van der Waals surface area contributed by atoms with E-state index in [-0.39, 0.29) is 31.8 Å². The summed E-state index contributed by atoms with van der Waals surface area (Å²) in [6, 6.07) is 0.568. The molecule has 0 aliphatic rings. The van der Waals surface area contributed by atoms with Crippen molar-refractivity contribution in [1.29, 1.82) is 0 Å². The molecule has 0 unspecified atom stereocenters. The van der Waals surface area contributed by atoms with E-state index in [9.17, 15) is 9.59 Å². The summed E-state index contributed by atoms with van der Waals surface area (Å²) in [4.78, 5) is 23.7. The highest BCUT2D eigenvalue weighted by Crippen LogP contribution is 2.29. The molecule has 0 amide bonds. The lowest BCUT2D eigenvalue weighted by Gasteiger charge is -2.42. The molecule has 0 saturated heterocycles. The van der Waals surface area contributed by atoms with Crippen molar-refractivity contribution in [2.45, 2.75) is 77.8 Å². The maximum atomic E-state index is 12.0. The smallest absolute Gasteiger partial charge is 0.465 e. The Kier molecular flexibility index (Phi) is 12.3. The Bertz CT molecular complexity index is 565. The van der Waals surface area contributed by atoms with Crippen LogP contribution >= 0.6 is 0 Å². The first kappa shape index (κ1) is 30.4. The summed E-state index contributed by atoms with van der Waals surface area (Å²) >= 11 is 0. The summed E-state index contributed by atoms with van der Waals surface area (Å²) in [5.41, 5.74) is -0.00614. The lowest BCUT2D eigenvalue weighted by Crippen LogP contribution is -2.60. The first-order valence-electron chi connectivity index (χ1n) is 10.6. The van der Waals surface area contributed by atoms with Crippen LogP contribution in [0.2, 0.25) is 65.0 Å². The second-order valence-corrected chi connectivity index (χ2v) is 27.3. The lowest BCUT2D eigenvalue weighted by molar-refractivity contribution is -0.146. The molecule has 0 atom stereocenters. The number of esters is 2. The molecule has 0 saturated carbocycles. The monoisotopic (exact) mass is 510 g/mol. The third-order valence-corrected chi connectivity index (χ3v) is 15.3. The predicted octanol–water partition coefficient (Wildman–Crippen LogP) is 3.89. The van der Waals surface area contributed by atoms with Crippen LogP contribution in [-0.2, 0) is 31.4 Å². The number of aliphatic hydroxyl groups excluding tert-OH is 1. The van der Waals surface area contributed by atoms with Crippen LogP contribution in [0, 0.1) is 0 Å². The zero-order valence-electron chi connectivity index (χ0n) is 20.8. The summed E-state index contributed by atoms with van der Waals surface area (Å²) in [6.45, 7) is 22.4. The van der Waals surface area contributed by atoms with Crippen molar-refractivity contribution in [2.24, 2.45) is 0 Å². The van der Waals surface area contributed by atoms with E-state index in [1.54, 1.807) is 0 Å². The summed E-state index contributed by atoms with van der Waals surface area (Å²) < 4.78 is 29.8. The first-order valence-corrected chi connectivity index (χ1v) is 22.8. The number of carbonyl (C=O) groups excluding carboxylic acids is 2. The van der Waals surface area contributed by atoms with Gasteiger partial charge in [-0.25, -0.2) is 4.79 Å². The molecule has 0 aromatic carbocycles. The molecule has 31 heavy (non-hydrogen) atoms. The Morgan fingerprint density at radius 3 is 1.61 bits per heavy atom. The standard InChI is InChI=1S/C19H42O8Si4/c1-17(19(22)24-14-12-20)16-18(21)23-13-11-15-31(25-28(2,3)4,26-29(5,6)7)27-30(8,9)10/h20H,1,11-16H2,2-10H3. The van der Waals surface area contributed by atoms with Crippen molar-refractivity contribution in [3.63, 3.8) is 0 Å². The van der Waals surface area contributed by atoms with Crippen molar-refractivity contribution >= 4 is 45.7 Å². The van der Waals surface area contributed by atoms with Crippen LogP contribution in [0.4, 0.5) is 0 Å². The fourth-order valence-electron chi connectivity index (χ4n) is 2.63. The van der Waals surface area contributed by atoms with E-state index in [1.807, 2.05) is 0 Å². The van der Waals surface area contributed by atoms with Gasteiger partial charge in [0.15, 0.2) is 25.0 Å². The number of ether oxygens (including phenoxy) is 2. The summed E-state index contributed by atoms with van der Waals surface area (Å²) in [5, 5.41) is 8.68. The molecular weight excluding hydrogens is 469 g/mol. The average Bonchev–Trinajstić information content (AvgIpc) is 2.51. The average molecular weight is 511 g/mol. The van der Waals surface area contributed by atoms with Crippen LogP contribution in [0.15, 0.2) is 12.2 Å². The van der Waals surface area contributed by atoms with Crippen molar-refractivity contribution in [3.05, 3.63) is 12.2 Å². The molecule has 0 bridgehead atoms. The molecular formula is C19H42O8Si4. The molecule has 0 aromatic rings. The lowest BCUT2D eigenvalue weighted by atomic mass is 10.2. The van der Waals surface area contributed by atoms with Crippen molar-refractivity contribution in [1.82, 2.24) is 0 Å². The van der Waals surface area contributed by atoms with Crippen LogP contribution in [0.1, 0.15) is 12.8 Å². The van der Waals surface area contributed by atoms with Crippen LogP contribution in [0.3, 0.4) is 0 Å². The van der Waals surface area contributed by atoms with Gasteiger partial charge in [-0.1, -0.05) is 6.58 Å². The molecule has 8 nitrogen and oxygen atoms in total. The van der Waals surface area contributed by atoms with Crippen molar-refractivity contribution < 1.29 is 36.5 Å². The van der Waals surface area contributed by atoms with E-state index in [1.165, 1.54) is 0 Å². The van der Waals surface area contributed by atoms with E-state index >= 15 is 0 Å². The number of carbonyl (C=O) groups is 2. The van der Waals surface area contributed by atoms with Gasteiger partial charge in [0.25, 0.3) is 0 Å². The van der Waals surface area contributed by atoms with Gasteiger partial charge < -0.3 is 26.9 Å². The Morgan fingerprint density at radius 2 is 1.23 bits per heavy atom. The van der Waals surface area contributed by atoms with E-state index in [4.69, 9.17) is 26.9 Å². The molecule has 1 N–H and O–H groups in total. The van der Waals surface area contributed by atoms with Crippen LogP contribution in [0.25, 0.3) is 0 Å². The van der Waals surface area contributed by atoms with Gasteiger partial charge >= 0.3 is 20.7 Å². The van der Waals surface area contributed by atoms with E-state index < -0.39 is 45.7 Å². The predicted molar refractivity (Wildman–Crippen MR) is 131 cm³/mol. The van der Waals surface area contributed by atoms with Gasteiger partial charge in [-0.05, 0) is 65.3 Å². The maximum Gasteiger partial charge on any atom is 0.469 e. The molecule has 0 fully saturated rings. The minimum atomic E-state index is -2.96. The summed E-state index contributed by atoms with van der Waals surface area (Å²) in [6.07, 6.45) is 0.286. The largest absolute Gasteiger partial charge is 0.469 e. The van der Waals surface area contributed by atoms with Gasteiger partial charge in [0, 0.05) is 11.6 Å². The minimum Gasteiger partial charge on any atom is -0.465 e. The maximum absolute atomic E-state index is 12.0. The van der Waals surface area contributed by atoms with Crippen molar-refractivity contribution in [3.8, 4) is 0 Å². The molecule has 12 heteroatoms. The van der Waals surface area contributed by atoms with Gasteiger partial charge in [0.05, 0.1) is 19.6 Å². The fraction of sp³-hybridized carbons (Fsp3) is 0.789. The molecule has 0 rings (SSSR count). The minimum absolute atomic E-state index is 0.00614. The summed E-state index contributed by atoms with van der Waals surface area (Å²) in [7, 11) is -8.82.